The number of carbonyl (C=O) groups excluding carboxylic acids is 2. The first-order chi connectivity index (χ1) is 18.0. The lowest BCUT2D eigenvalue weighted by atomic mass is 10.1. The van der Waals surface area contributed by atoms with Crippen LogP contribution in [-0.4, -0.2) is 61.4 Å². The number of hydrogen-bond donors (Lipinski definition) is 1. The smallest absolute Gasteiger partial charge is 0.256 e. The Kier molecular flexibility index (Phi) is 8.50. The highest BCUT2D eigenvalue weighted by atomic mass is 32.2. The van der Waals surface area contributed by atoms with E-state index in [2.05, 4.69) is 10.3 Å². The maximum atomic E-state index is 13.9. The van der Waals surface area contributed by atoms with Crippen LogP contribution in [0.3, 0.4) is 0 Å². The second-order valence-corrected chi connectivity index (χ2v) is 9.35. The summed E-state index contributed by atoms with van der Waals surface area (Å²) in [5, 5.41) is 2.45. The first-order valence-electron chi connectivity index (χ1n) is 11.6. The first-order valence-corrected chi connectivity index (χ1v) is 12.7. The highest BCUT2D eigenvalue weighted by Crippen LogP contribution is 2.44. The number of pyridine rings is 1. The average molecular weight is 526 g/mol. The molecule has 2 heterocycles. The van der Waals surface area contributed by atoms with Gasteiger partial charge in [-0.15, -0.1) is 11.8 Å². The van der Waals surface area contributed by atoms with Gasteiger partial charge in [-0.05, 0) is 42.0 Å². The second-order valence-electron chi connectivity index (χ2n) is 8.24. The van der Waals surface area contributed by atoms with Gasteiger partial charge in [0, 0.05) is 36.2 Å². The molecular formula is C27H28FN3O5S. The highest BCUT2D eigenvalue weighted by Gasteiger charge is 2.43. The second kappa shape index (κ2) is 12.0. The largest absolute Gasteiger partial charge is 0.493 e. The minimum Gasteiger partial charge on any atom is -0.493 e. The van der Waals surface area contributed by atoms with Gasteiger partial charge < -0.3 is 24.4 Å². The zero-order valence-electron chi connectivity index (χ0n) is 20.8. The Morgan fingerprint density at radius 1 is 1.05 bits per heavy atom. The number of methoxy groups -OCH3 is 3. The van der Waals surface area contributed by atoms with Crippen LogP contribution in [0.1, 0.15) is 27.0 Å². The number of amides is 2. The van der Waals surface area contributed by atoms with Gasteiger partial charge >= 0.3 is 0 Å². The van der Waals surface area contributed by atoms with Gasteiger partial charge in [0.2, 0.25) is 11.7 Å². The normalized spacial score (nSPS) is 16.8. The van der Waals surface area contributed by atoms with Gasteiger partial charge in [0.15, 0.2) is 11.5 Å². The van der Waals surface area contributed by atoms with Crippen molar-refractivity contribution in [2.45, 2.75) is 17.8 Å². The molecule has 8 nitrogen and oxygen atoms in total. The fraction of sp³-hybridized carbons (Fsp3) is 0.296. The average Bonchev–Trinajstić information content (AvgIpc) is 3.38. The van der Waals surface area contributed by atoms with Gasteiger partial charge in [-0.25, -0.2) is 4.39 Å². The summed E-state index contributed by atoms with van der Waals surface area (Å²) in [7, 11) is 4.42. The summed E-state index contributed by atoms with van der Waals surface area (Å²) >= 11 is 1.45. The van der Waals surface area contributed by atoms with Crippen LogP contribution < -0.4 is 19.5 Å². The van der Waals surface area contributed by atoms with Crippen LogP contribution in [0.15, 0.2) is 60.8 Å². The van der Waals surface area contributed by atoms with Crippen molar-refractivity contribution >= 4 is 23.6 Å². The third-order valence-electron chi connectivity index (χ3n) is 6.01. The molecule has 37 heavy (non-hydrogen) atoms. The predicted octanol–water partition coefficient (Wildman–Crippen LogP) is 3.86. The summed E-state index contributed by atoms with van der Waals surface area (Å²) in [5.74, 6) is 0.360. The number of hydrogen-bond acceptors (Lipinski definition) is 7. The molecule has 0 aliphatic carbocycles. The molecule has 0 spiro atoms. The van der Waals surface area contributed by atoms with Crippen LogP contribution in [0.4, 0.5) is 4.39 Å². The number of thioether (sulfide) groups is 1. The molecule has 0 bridgehead atoms. The van der Waals surface area contributed by atoms with Gasteiger partial charge in [0.25, 0.3) is 5.91 Å². The molecule has 2 aromatic carbocycles. The Balaban J connectivity index is 1.63. The zero-order chi connectivity index (χ0) is 26.4. The molecule has 194 valence electrons. The number of nitrogens with one attached hydrogen (secondary N) is 1. The van der Waals surface area contributed by atoms with Crippen LogP contribution in [0.25, 0.3) is 0 Å². The Hall–Kier alpha value is -3.79. The molecule has 2 atom stereocenters. The van der Waals surface area contributed by atoms with Gasteiger partial charge in [-0.3, -0.25) is 14.6 Å². The number of rotatable bonds is 9. The van der Waals surface area contributed by atoms with Crippen molar-refractivity contribution in [1.29, 1.82) is 0 Å². The minimum atomic E-state index is -0.740. The van der Waals surface area contributed by atoms with Gasteiger partial charge in [-0.2, -0.15) is 0 Å². The Morgan fingerprint density at radius 3 is 2.35 bits per heavy atom. The lowest BCUT2D eigenvalue weighted by Gasteiger charge is -2.29. The number of aromatic nitrogens is 1. The van der Waals surface area contributed by atoms with E-state index in [1.165, 1.54) is 50.1 Å². The molecule has 3 aromatic rings. The molecule has 1 aromatic heterocycles. The summed E-state index contributed by atoms with van der Waals surface area (Å²) in [5.41, 5.74) is 1.85. The van der Waals surface area contributed by atoms with E-state index in [0.717, 1.165) is 11.3 Å². The molecule has 10 heteroatoms. The summed E-state index contributed by atoms with van der Waals surface area (Å²) in [6.07, 6.45) is 2.27. The molecule has 1 N–H and O–H groups in total. The van der Waals surface area contributed by atoms with Crippen molar-refractivity contribution in [3.63, 3.8) is 0 Å². The van der Waals surface area contributed by atoms with E-state index in [1.807, 2.05) is 18.2 Å². The molecule has 4 rings (SSSR count). The number of nitrogens with zero attached hydrogens (tertiary/aromatic N) is 2. The van der Waals surface area contributed by atoms with Crippen molar-refractivity contribution in [3.8, 4) is 17.2 Å². The molecule has 1 aliphatic heterocycles. The SMILES string of the molecule is COc1cc(C(=O)N2C(C(=O)NCCc3ccccn3)CSC2c2ccc(F)cc2)cc(OC)c1OC. The van der Waals surface area contributed by atoms with Crippen LogP contribution in [-0.2, 0) is 11.2 Å². The van der Waals surface area contributed by atoms with E-state index in [-0.39, 0.29) is 23.2 Å². The van der Waals surface area contributed by atoms with Gasteiger partial charge in [0.1, 0.15) is 17.2 Å². The summed E-state index contributed by atoms with van der Waals surface area (Å²) in [6.45, 7) is 0.379. The van der Waals surface area contributed by atoms with Crippen LogP contribution in [0.2, 0.25) is 0 Å². The maximum absolute atomic E-state index is 13.9. The summed E-state index contributed by atoms with van der Waals surface area (Å²) < 4.78 is 29.8. The van der Waals surface area contributed by atoms with E-state index in [0.29, 0.717) is 36.0 Å². The van der Waals surface area contributed by atoms with Gasteiger partial charge in [0.05, 0.1) is 21.3 Å². The lowest BCUT2D eigenvalue weighted by Crippen LogP contribution is -2.48. The number of benzene rings is 2. The van der Waals surface area contributed by atoms with Crippen molar-refractivity contribution in [1.82, 2.24) is 15.2 Å². The zero-order valence-corrected chi connectivity index (χ0v) is 21.6. The number of ether oxygens (including phenoxy) is 3. The number of halogens is 1. The molecule has 0 saturated carbocycles. The van der Waals surface area contributed by atoms with Crippen molar-refractivity contribution < 1.29 is 28.2 Å². The standard InChI is InChI=1S/C27H28FN3O5S/c1-34-22-14-18(15-23(35-2)24(22)36-3)26(33)31-21(16-37-27(31)17-7-9-19(28)10-8-17)25(32)30-13-11-20-6-4-5-12-29-20/h4-10,12,14-15,21,27H,11,13,16H2,1-3H3,(H,30,32). The van der Waals surface area contributed by atoms with E-state index < -0.39 is 11.4 Å². The van der Waals surface area contributed by atoms with Crippen molar-refractivity contribution in [2.24, 2.45) is 0 Å². The minimum absolute atomic E-state index is 0.270. The summed E-state index contributed by atoms with van der Waals surface area (Å²) in [4.78, 5) is 33.0. The van der Waals surface area contributed by atoms with Crippen LogP contribution in [0, 0.1) is 5.82 Å². The Labute approximate surface area is 219 Å². The van der Waals surface area contributed by atoms with Crippen LogP contribution >= 0.6 is 11.8 Å². The van der Waals surface area contributed by atoms with Crippen molar-refractivity contribution in [2.75, 3.05) is 33.6 Å². The molecule has 1 fully saturated rings. The lowest BCUT2D eigenvalue weighted by molar-refractivity contribution is -0.124. The third kappa shape index (κ3) is 5.80. The third-order valence-corrected chi connectivity index (χ3v) is 7.33. The fourth-order valence-electron chi connectivity index (χ4n) is 4.17. The predicted molar refractivity (Wildman–Crippen MR) is 139 cm³/mol. The Morgan fingerprint density at radius 2 is 1.76 bits per heavy atom. The monoisotopic (exact) mass is 525 g/mol. The molecule has 0 radical (unpaired) electrons. The number of carbonyl (C=O) groups is 2. The molecular weight excluding hydrogens is 497 g/mol. The topological polar surface area (TPSA) is 90.0 Å². The van der Waals surface area contributed by atoms with Crippen LogP contribution in [0.5, 0.6) is 17.2 Å². The highest BCUT2D eigenvalue weighted by molar-refractivity contribution is 7.99. The first kappa shape index (κ1) is 26.3. The quantitative estimate of drug-likeness (QED) is 0.454. The van der Waals surface area contributed by atoms with E-state index in [1.54, 1.807) is 30.5 Å². The Bertz CT molecular complexity index is 1220. The molecule has 2 amide bonds. The van der Waals surface area contributed by atoms with E-state index >= 15 is 0 Å². The van der Waals surface area contributed by atoms with Gasteiger partial charge in [-0.1, -0.05) is 18.2 Å². The summed E-state index contributed by atoms with van der Waals surface area (Å²) in [6, 6.07) is 13.9. The van der Waals surface area contributed by atoms with Crippen molar-refractivity contribution in [3.05, 3.63) is 83.4 Å². The molecule has 1 aliphatic rings. The fourth-order valence-corrected chi connectivity index (χ4v) is 5.60. The molecule has 2 unspecified atom stereocenters. The van der Waals surface area contributed by atoms with E-state index in [9.17, 15) is 14.0 Å². The molecule has 1 saturated heterocycles. The maximum Gasteiger partial charge on any atom is 0.256 e. The van der Waals surface area contributed by atoms with E-state index in [4.69, 9.17) is 14.2 Å².